The average Bonchev–Trinajstić information content (AvgIpc) is 2.96. The molecule has 3 heterocycles. The summed E-state index contributed by atoms with van der Waals surface area (Å²) in [6.07, 6.45) is -0.781. The van der Waals surface area contributed by atoms with E-state index in [4.69, 9.17) is 20.9 Å². The van der Waals surface area contributed by atoms with E-state index in [2.05, 4.69) is 15.0 Å². The third kappa shape index (κ3) is 2.17. The molecule has 21 heavy (non-hydrogen) atoms. The maximum Gasteiger partial charge on any atom is 0.280 e. The Bertz CT molecular complexity index is 712. The van der Waals surface area contributed by atoms with Crippen molar-refractivity contribution in [2.24, 2.45) is 5.73 Å². The molecule has 2 aromatic rings. The minimum Gasteiger partial charge on any atom is -0.389 e. The molecule has 10 heteroatoms. The number of nitrogens with zero attached hydrogens (tertiary/aromatic N) is 3. The Morgan fingerprint density at radius 2 is 2.38 bits per heavy atom. The molecule has 0 unspecified atom stereocenters. The van der Waals surface area contributed by atoms with Crippen LogP contribution in [-0.4, -0.2) is 56.6 Å². The van der Waals surface area contributed by atoms with Crippen LogP contribution in [0.1, 0.15) is 6.23 Å². The van der Waals surface area contributed by atoms with Crippen molar-refractivity contribution in [1.29, 1.82) is 0 Å². The number of nitrogen functional groups attached to an aromatic ring is 1. The zero-order valence-corrected chi connectivity index (χ0v) is 11.3. The van der Waals surface area contributed by atoms with Gasteiger partial charge in [0, 0.05) is 7.11 Å². The molecule has 3 rings (SSSR count). The van der Waals surface area contributed by atoms with Crippen LogP contribution in [0.15, 0.2) is 11.1 Å². The van der Waals surface area contributed by atoms with Crippen LogP contribution < -0.4 is 17.0 Å². The summed E-state index contributed by atoms with van der Waals surface area (Å²) in [7, 11) is 1.50. The number of anilines is 1. The van der Waals surface area contributed by atoms with Gasteiger partial charge in [-0.15, -0.1) is 0 Å². The van der Waals surface area contributed by atoms with Crippen molar-refractivity contribution in [3.63, 3.8) is 0 Å². The van der Waals surface area contributed by atoms with E-state index in [1.165, 1.54) is 18.0 Å². The maximum atomic E-state index is 11.7. The van der Waals surface area contributed by atoms with Gasteiger partial charge in [0.05, 0.1) is 19.0 Å². The van der Waals surface area contributed by atoms with Crippen molar-refractivity contribution in [1.82, 2.24) is 19.5 Å². The number of hydrogen-bond acceptors (Lipinski definition) is 8. The van der Waals surface area contributed by atoms with Crippen LogP contribution in [0.5, 0.6) is 0 Å². The number of hydrogen-bond donors (Lipinski definition) is 4. The van der Waals surface area contributed by atoms with Crippen molar-refractivity contribution in [2.75, 3.05) is 19.5 Å². The summed E-state index contributed by atoms with van der Waals surface area (Å²) in [5, 5.41) is 10.1. The maximum absolute atomic E-state index is 11.7. The van der Waals surface area contributed by atoms with E-state index in [1.807, 2.05) is 0 Å². The molecular weight excluding hydrogens is 280 g/mol. The molecule has 0 aromatic carbocycles. The molecule has 0 radical (unpaired) electrons. The average molecular weight is 296 g/mol. The quantitative estimate of drug-likeness (QED) is 0.503. The lowest BCUT2D eigenvalue weighted by molar-refractivity contribution is -0.0526. The summed E-state index contributed by atoms with van der Waals surface area (Å²) < 4.78 is 12.2. The predicted molar refractivity (Wildman–Crippen MR) is 72.3 cm³/mol. The number of imidazole rings is 1. The molecule has 1 aliphatic heterocycles. The Hall–Kier alpha value is -2.01. The van der Waals surface area contributed by atoms with Gasteiger partial charge < -0.3 is 26.0 Å². The van der Waals surface area contributed by atoms with Crippen LogP contribution in [-0.2, 0) is 9.47 Å². The smallest absolute Gasteiger partial charge is 0.280 e. The molecule has 1 fully saturated rings. The highest BCUT2D eigenvalue weighted by atomic mass is 16.6. The summed E-state index contributed by atoms with van der Waals surface area (Å²) in [4.78, 5) is 22.1. The minimum atomic E-state index is -0.897. The number of rotatable bonds is 3. The second-order valence-corrected chi connectivity index (χ2v) is 4.86. The molecule has 2 aromatic heterocycles. The van der Waals surface area contributed by atoms with Crippen LogP contribution in [0.2, 0.25) is 0 Å². The van der Waals surface area contributed by atoms with Crippen LogP contribution in [0.25, 0.3) is 11.2 Å². The van der Waals surface area contributed by atoms with E-state index in [-0.39, 0.29) is 23.7 Å². The number of ether oxygens (including phenoxy) is 2. The van der Waals surface area contributed by atoms with Gasteiger partial charge in [-0.05, 0) is 0 Å². The first-order chi connectivity index (χ1) is 10.0. The second kappa shape index (κ2) is 5.07. The Morgan fingerprint density at radius 1 is 1.62 bits per heavy atom. The number of H-pyrrole nitrogens is 1. The number of aromatic nitrogens is 4. The molecule has 10 nitrogen and oxygen atoms in total. The lowest BCUT2D eigenvalue weighted by Crippen LogP contribution is -2.40. The number of aliphatic hydroxyl groups is 1. The fourth-order valence-corrected chi connectivity index (χ4v) is 2.45. The van der Waals surface area contributed by atoms with Gasteiger partial charge in [-0.3, -0.25) is 14.3 Å². The summed E-state index contributed by atoms with van der Waals surface area (Å²) in [6, 6.07) is -0.704. The SMILES string of the molecule is COC[C@H]1O[C@@H](n2cnc3c(=O)[nH]c(N)nc32)[C@H](N)[C@@H]1O. The van der Waals surface area contributed by atoms with Gasteiger partial charge in [-0.2, -0.15) is 4.98 Å². The highest BCUT2D eigenvalue weighted by molar-refractivity contribution is 5.70. The van der Waals surface area contributed by atoms with E-state index in [0.29, 0.717) is 0 Å². The molecule has 4 atom stereocenters. The lowest BCUT2D eigenvalue weighted by Gasteiger charge is -2.17. The molecule has 1 saturated heterocycles. The van der Waals surface area contributed by atoms with E-state index >= 15 is 0 Å². The topological polar surface area (TPSA) is 154 Å². The fourth-order valence-electron chi connectivity index (χ4n) is 2.45. The number of nitrogens with one attached hydrogen (secondary N) is 1. The van der Waals surface area contributed by atoms with Gasteiger partial charge in [0.25, 0.3) is 5.56 Å². The van der Waals surface area contributed by atoms with Crippen LogP contribution in [0.4, 0.5) is 5.95 Å². The molecule has 0 amide bonds. The van der Waals surface area contributed by atoms with Crippen molar-refractivity contribution >= 4 is 17.1 Å². The number of aliphatic hydroxyl groups excluding tert-OH is 1. The third-order valence-electron chi connectivity index (χ3n) is 3.47. The molecule has 114 valence electrons. The van der Waals surface area contributed by atoms with Crippen molar-refractivity contribution in [2.45, 2.75) is 24.5 Å². The molecule has 0 aliphatic carbocycles. The molecule has 1 aliphatic rings. The van der Waals surface area contributed by atoms with Crippen molar-refractivity contribution < 1.29 is 14.6 Å². The Kier molecular flexibility index (Phi) is 3.37. The number of fused-ring (bicyclic) bond motifs is 1. The molecule has 0 spiro atoms. The van der Waals surface area contributed by atoms with Gasteiger partial charge in [-0.1, -0.05) is 0 Å². The largest absolute Gasteiger partial charge is 0.389 e. The van der Waals surface area contributed by atoms with Crippen molar-refractivity contribution in [3.05, 3.63) is 16.7 Å². The van der Waals surface area contributed by atoms with E-state index in [1.54, 1.807) is 0 Å². The second-order valence-electron chi connectivity index (χ2n) is 4.86. The highest BCUT2D eigenvalue weighted by Gasteiger charge is 2.43. The summed E-state index contributed by atoms with van der Waals surface area (Å²) in [5.41, 5.74) is 11.5. The van der Waals surface area contributed by atoms with Gasteiger partial charge in [0.15, 0.2) is 17.4 Å². The van der Waals surface area contributed by atoms with E-state index < -0.39 is 30.0 Å². The Labute approximate surface area is 118 Å². The normalized spacial score (nSPS) is 29.3. The van der Waals surface area contributed by atoms with Gasteiger partial charge in [0.2, 0.25) is 5.95 Å². The van der Waals surface area contributed by atoms with Crippen LogP contribution in [0.3, 0.4) is 0 Å². The summed E-state index contributed by atoms with van der Waals surface area (Å²) >= 11 is 0. The summed E-state index contributed by atoms with van der Waals surface area (Å²) in [6.45, 7) is 0.203. The van der Waals surface area contributed by atoms with E-state index in [0.717, 1.165) is 0 Å². The first-order valence-corrected chi connectivity index (χ1v) is 6.33. The standard InChI is InChI=1S/C11H16N6O4/c1-20-2-4-7(18)5(12)10(21-4)17-3-14-6-8(17)15-11(13)16-9(6)19/h3-5,7,10,18H,2,12H2,1H3,(H3,13,15,16,19)/t4-,5-,7-,10-/m1/s1. The Morgan fingerprint density at radius 3 is 3.10 bits per heavy atom. The first kappa shape index (κ1) is 13.9. The van der Waals surface area contributed by atoms with E-state index in [9.17, 15) is 9.90 Å². The van der Waals surface area contributed by atoms with Crippen molar-refractivity contribution in [3.8, 4) is 0 Å². The molecular formula is C11H16N6O4. The van der Waals surface area contributed by atoms with Gasteiger partial charge >= 0.3 is 0 Å². The molecule has 6 N–H and O–H groups in total. The molecule has 0 saturated carbocycles. The monoisotopic (exact) mass is 296 g/mol. The summed E-state index contributed by atoms with van der Waals surface area (Å²) in [5.74, 6) is -0.0326. The third-order valence-corrected chi connectivity index (χ3v) is 3.47. The predicted octanol–water partition coefficient (Wildman–Crippen LogP) is -2.07. The number of aromatic amines is 1. The zero-order chi connectivity index (χ0) is 15.1. The fraction of sp³-hybridized carbons (Fsp3) is 0.545. The number of nitrogens with two attached hydrogens (primary N) is 2. The lowest BCUT2D eigenvalue weighted by atomic mass is 10.1. The Balaban J connectivity index is 2.03. The number of methoxy groups -OCH3 is 1. The first-order valence-electron chi connectivity index (χ1n) is 6.33. The van der Waals surface area contributed by atoms with Crippen LogP contribution >= 0.6 is 0 Å². The minimum absolute atomic E-state index is 0.0326. The molecule has 0 bridgehead atoms. The van der Waals surface area contributed by atoms with Crippen LogP contribution in [0, 0.1) is 0 Å². The van der Waals surface area contributed by atoms with Gasteiger partial charge in [0.1, 0.15) is 12.2 Å². The highest BCUT2D eigenvalue weighted by Crippen LogP contribution is 2.29. The zero-order valence-electron chi connectivity index (χ0n) is 11.3. The van der Waals surface area contributed by atoms with Gasteiger partial charge in [-0.25, -0.2) is 4.98 Å².